The fraction of sp³-hybridized carbons (Fsp3) is 0.600. The minimum Gasteiger partial charge on any atom is -0.381 e. The van der Waals surface area contributed by atoms with E-state index in [4.69, 9.17) is 21.1 Å². The van der Waals surface area contributed by atoms with E-state index < -0.39 is 0 Å². The number of ether oxygens (including phenoxy) is 2. The monoisotopic (exact) mass is 281 g/mol. The predicted molar refractivity (Wildman–Crippen MR) is 75.4 cm³/mol. The predicted octanol–water partition coefficient (Wildman–Crippen LogP) is 2.72. The van der Waals surface area contributed by atoms with Gasteiger partial charge in [0.25, 0.3) is 0 Å². The summed E-state index contributed by atoms with van der Waals surface area (Å²) in [5.74, 6) is 0. The van der Waals surface area contributed by atoms with Crippen LogP contribution in [-0.2, 0) is 16.0 Å². The zero-order valence-corrected chi connectivity index (χ0v) is 12.0. The molecule has 4 heteroatoms. The van der Waals surface area contributed by atoms with Gasteiger partial charge < -0.3 is 9.47 Å². The molecule has 0 N–H and O–H groups in total. The molecule has 0 saturated carbocycles. The van der Waals surface area contributed by atoms with E-state index in [2.05, 4.69) is 11.0 Å². The first-order chi connectivity index (χ1) is 9.21. The fourth-order valence-electron chi connectivity index (χ4n) is 3.15. The van der Waals surface area contributed by atoms with Gasteiger partial charge in [-0.3, -0.25) is 4.90 Å². The Morgan fingerprint density at radius 2 is 2.21 bits per heavy atom. The molecule has 1 atom stereocenters. The second kappa shape index (κ2) is 5.41. The molecule has 0 aromatic heterocycles. The molecule has 3 rings (SSSR count). The largest absolute Gasteiger partial charge is 0.381 e. The molecule has 0 bridgehead atoms. The van der Waals surface area contributed by atoms with Crippen LogP contribution in [0.4, 0.5) is 0 Å². The van der Waals surface area contributed by atoms with Crippen molar-refractivity contribution in [2.24, 2.45) is 0 Å². The number of hydrogen-bond donors (Lipinski definition) is 0. The summed E-state index contributed by atoms with van der Waals surface area (Å²) < 4.78 is 11.5. The number of hydrogen-bond acceptors (Lipinski definition) is 3. The van der Waals surface area contributed by atoms with E-state index >= 15 is 0 Å². The van der Waals surface area contributed by atoms with E-state index in [9.17, 15) is 0 Å². The molecule has 1 aromatic rings. The van der Waals surface area contributed by atoms with Gasteiger partial charge in [-0.05, 0) is 18.1 Å². The lowest BCUT2D eigenvalue weighted by atomic mass is 9.84. The van der Waals surface area contributed by atoms with Crippen molar-refractivity contribution in [2.75, 3.05) is 26.8 Å². The molecule has 2 saturated heterocycles. The minimum absolute atomic E-state index is 0.0280. The van der Waals surface area contributed by atoms with Gasteiger partial charge >= 0.3 is 0 Å². The van der Waals surface area contributed by atoms with Crippen LogP contribution in [0.25, 0.3) is 0 Å². The Labute approximate surface area is 119 Å². The second-order valence-electron chi connectivity index (χ2n) is 5.62. The van der Waals surface area contributed by atoms with Crippen molar-refractivity contribution in [1.29, 1.82) is 0 Å². The average molecular weight is 282 g/mol. The van der Waals surface area contributed by atoms with Crippen molar-refractivity contribution < 1.29 is 9.47 Å². The Bertz CT molecular complexity index is 446. The maximum Gasteiger partial charge on any atom is 0.0959 e. The first-order valence-corrected chi connectivity index (χ1v) is 7.21. The van der Waals surface area contributed by atoms with Crippen LogP contribution in [0.2, 0.25) is 5.02 Å². The van der Waals surface area contributed by atoms with E-state index in [1.54, 1.807) is 7.11 Å². The van der Waals surface area contributed by atoms with Crippen LogP contribution >= 0.6 is 11.6 Å². The van der Waals surface area contributed by atoms with Crippen LogP contribution in [0.15, 0.2) is 24.3 Å². The van der Waals surface area contributed by atoms with Crippen LogP contribution < -0.4 is 0 Å². The summed E-state index contributed by atoms with van der Waals surface area (Å²) in [6.45, 7) is 3.69. The first-order valence-electron chi connectivity index (χ1n) is 6.83. The lowest BCUT2D eigenvalue weighted by molar-refractivity contribution is -0.195. The van der Waals surface area contributed by atoms with Gasteiger partial charge in [-0.15, -0.1) is 0 Å². The quantitative estimate of drug-likeness (QED) is 0.850. The molecular formula is C15H20ClNO2. The van der Waals surface area contributed by atoms with Crippen molar-refractivity contribution in [3.8, 4) is 0 Å². The van der Waals surface area contributed by atoms with E-state index in [1.165, 1.54) is 5.56 Å². The molecule has 2 heterocycles. The van der Waals surface area contributed by atoms with Gasteiger partial charge in [-0.1, -0.05) is 29.8 Å². The first kappa shape index (κ1) is 13.4. The van der Waals surface area contributed by atoms with E-state index in [0.29, 0.717) is 6.10 Å². The van der Waals surface area contributed by atoms with Crippen LogP contribution in [0.5, 0.6) is 0 Å². The lowest BCUT2D eigenvalue weighted by Crippen LogP contribution is -2.65. The molecule has 1 spiro atoms. The summed E-state index contributed by atoms with van der Waals surface area (Å²) in [4.78, 5) is 2.39. The summed E-state index contributed by atoms with van der Waals surface area (Å²) >= 11 is 6.19. The highest BCUT2D eigenvalue weighted by molar-refractivity contribution is 6.31. The third kappa shape index (κ3) is 2.79. The molecule has 2 aliphatic heterocycles. The summed E-state index contributed by atoms with van der Waals surface area (Å²) in [6, 6.07) is 8.04. The van der Waals surface area contributed by atoms with Crippen LogP contribution in [0, 0.1) is 0 Å². The maximum atomic E-state index is 6.19. The number of methoxy groups -OCH3 is 1. The highest BCUT2D eigenvalue weighted by Crippen LogP contribution is 2.36. The minimum atomic E-state index is 0.0280. The summed E-state index contributed by atoms with van der Waals surface area (Å²) in [5.41, 5.74) is 1.22. The lowest BCUT2D eigenvalue weighted by Gasteiger charge is -2.53. The molecule has 3 nitrogen and oxygen atoms in total. The van der Waals surface area contributed by atoms with Gasteiger partial charge in [0.2, 0.25) is 0 Å². The molecule has 2 aliphatic rings. The average Bonchev–Trinajstić information content (AvgIpc) is 2.40. The molecule has 0 unspecified atom stereocenters. The number of nitrogens with zero attached hydrogens (tertiary/aromatic N) is 1. The molecule has 0 aliphatic carbocycles. The Morgan fingerprint density at radius 1 is 1.42 bits per heavy atom. The topological polar surface area (TPSA) is 21.7 Å². The highest BCUT2D eigenvalue weighted by Gasteiger charge is 2.47. The van der Waals surface area contributed by atoms with E-state index in [1.807, 2.05) is 18.2 Å². The third-order valence-corrected chi connectivity index (χ3v) is 4.53. The van der Waals surface area contributed by atoms with Crippen LogP contribution in [0.1, 0.15) is 18.4 Å². The van der Waals surface area contributed by atoms with Gasteiger partial charge in [0, 0.05) is 44.8 Å². The van der Waals surface area contributed by atoms with Gasteiger partial charge in [0.15, 0.2) is 0 Å². The van der Waals surface area contributed by atoms with E-state index in [0.717, 1.165) is 44.1 Å². The SMILES string of the molecule is CO[C@@H]1CCOC2(C1)CN(Cc1ccccc1Cl)C2. The van der Waals surface area contributed by atoms with Gasteiger partial charge in [0.1, 0.15) is 0 Å². The summed E-state index contributed by atoms with van der Waals surface area (Å²) in [6.07, 6.45) is 2.39. The summed E-state index contributed by atoms with van der Waals surface area (Å²) in [7, 11) is 1.80. The zero-order chi connectivity index (χ0) is 13.3. The number of benzene rings is 1. The highest BCUT2D eigenvalue weighted by atomic mass is 35.5. The Balaban J connectivity index is 1.56. The Kier molecular flexibility index (Phi) is 3.81. The van der Waals surface area contributed by atoms with Gasteiger partial charge in [-0.2, -0.15) is 0 Å². The molecule has 19 heavy (non-hydrogen) atoms. The number of rotatable bonds is 3. The standard InChI is InChI=1S/C15H20ClNO2/c1-18-13-6-7-19-15(8-13)10-17(11-15)9-12-4-2-3-5-14(12)16/h2-5,13H,6-11H2,1H3/t13-/m1/s1. The Hall–Kier alpha value is -0.610. The molecular weight excluding hydrogens is 262 g/mol. The van der Waals surface area contributed by atoms with Crippen LogP contribution in [0.3, 0.4) is 0 Å². The van der Waals surface area contributed by atoms with Gasteiger partial charge in [-0.25, -0.2) is 0 Å². The Morgan fingerprint density at radius 3 is 2.95 bits per heavy atom. The smallest absolute Gasteiger partial charge is 0.0959 e. The summed E-state index contributed by atoms with van der Waals surface area (Å²) in [5, 5.41) is 0.850. The number of halogens is 1. The normalized spacial score (nSPS) is 26.3. The van der Waals surface area contributed by atoms with Crippen molar-refractivity contribution >= 4 is 11.6 Å². The molecule has 2 fully saturated rings. The molecule has 1 aromatic carbocycles. The van der Waals surface area contributed by atoms with Crippen molar-refractivity contribution in [3.63, 3.8) is 0 Å². The molecule has 0 radical (unpaired) electrons. The number of likely N-dealkylation sites (tertiary alicyclic amines) is 1. The third-order valence-electron chi connectivity index (χ3n) is 4.16. The van der Waals surface area contributed by atoms with Gasteiger partial charge in [0.05, 0.1) is 11.7 Å². The molecule has 104 valence electrons. The second-order valence-corrected chi connectivity index (χ2v) is 6.03. The molecule has 0 amide bonds. The van der Waals surface area contributed by atoms with Crippen molar-refractivity contribution in [1.82, 2.24) is 4.90 Å². The van der Waals surface area contributed by atoms with Crippen molar-refractivity contribution in [2.45, 2.75) is 31.1 Å². The van der Waals surface area contributed by atoms with Crippen LogP contribution in [-0.4, -0.2) is 43.4 Å². The maximum absolute atomic E-state index is 6.19. The fourth-order valence-corrected chi connectivity index (χ4v) is 3.35. The van der Waals surface area contributed by atoms with Crippen molar-refractivity contribution in [3.05, 3.63) is 34.9 Å². The van der Waals surface area contributed by atoms with E-state index in [-0.39, 0.29) is 5.60 Å². The zero-order valence-electron chi connectivity index (χ0n) is 11.3.